The lowest BCUT2D eigenvalue weighted by molar-refractivity contribution is -0.127. The van der Waals surface area contributed by atoms with E-state index >= 15 is 0 Å². The summed E-state index contributed by atoms with van der Waals surface area (Å²) in [6.45, 7) is 1.31. The number of amides is 3. The first-order valence-corrected chi connectivity index (χ1v) is 6.33. The molecule has 108 valence electrons. The Balaban J connectivity index is 2.70. The predicted molar refractivity (Wildman–Crippen MR) is 71.6 cm³/mol. The Hall–Kier alpha value is -1.96. The predicted octanol–water partition coefficient (Wildman–Crippen LogP) is 1.59. The minimum Gasteiger partial charge on any atom is -0.449 e. The molecule has 0 aromatic heterocycles. The number of urea groups is 1. The van der Waals surface area contributed by atoms with Crippen molar-refractivity contribution in [2.45, 2.75) is 13.0 Å². The molecule has 0 spiro atoms. The molecule has 0 aliphatic carbocycles. The number of carbonyl (C=O) groups is 3. The van der Waals surface area contributed by atoms with E-state index < -0.39 is 29.8 Å². The van der Waals surface area contributed by atoms with Crippen molar-refractivity contribution >= 4 is 33.8 Å². The van der Waals surface area contributed by atoms with Crippen LogP contribution < -0.4 is 10.6 Å². The molecule has 20 heavy (non-hydrogen) atoms. The highest BCUT2D eigenvalue weighted by Gasteiger charge is 2.21. The van der Waals surface area contributed by atoms with Crippen LogP contribution in [0.15, 0.2) is 22.7 Å². The second-order valence-electron chi connectivity index (χ2n) is 3.74. The van der Waals surface area contributed by atoms with Crippen molar-refractivity contribution in [3.8, 4) is 0 Å². The fourth-order valence-corrected chi connectivity index (χ4v) is 1.72. The lowest BCUT2D eigenvalue weighted by atomic mass is 10.2. The van der Waals surface area contributed by atoms with Crippen LogP contribution in [0.25, 0.3) is 0 Å². The molecule has 0 unspecified atom stereocenters. The molecular formula is C12H12BrFN2O4. The van der Waals surface area contributed by atoms with Crippen LogP contribution in [0.5, 0.6) is 0 Å². The van der Waals surface area contributed by atoms with Crippen LogP contribution in [-0.4, -0.2) is 31.1 Å². The van der Waals surface area contributed by atoms with E-state index in [9.17, 15) is 18.8 Å². The van der Waals surface area contributed by atoms with E-state index in [1.54, 1.807) is 0 Å². The van der Waals surface area contributed by atoms with Crippen LogP contribution in [0.4, 0.5) is 9.18 Å². The van der Waals surface area contributed by atoms with Gasteiger partial charge in [-0.3, -0.25) is 10.1 Å². The Labute approximate surface area is 122 Å². The monoisotopic (exact) mass is 346 g/mol. The van der Waals surface area contributed by atoms with Crippen molar-refractivity contribution in [3.63, 3.8) is 0 Å². The molecule has 1 atom stereocenters. The van der Waals surface area contributed by atoms with Crippen LogP contribution in [0.1, 0.15) is 17.3 Å². The van der Waals surface area contributed by atoms with Crippen molar-refractivity contribution in [1.29, 1.82) is 0 Å². The first kappa shape index (κ1) is 16.1. The summed E-state index contributed by atoms with van der Waals surface area (Å²) in [5, 5.41) is 4.16. The molecular weight excluding hydrogens is 335 g/mol. The first-order valence-electron chi connectivity index (χ1n) is 5.53. The molecule has 1 aromatic carbocycles. The van der Waals surface area contributed by atoms with Gasteiger partial charge in [-0.15, -0.1) is 0 Å². The highest BCUT2D eigenvalue weighted by atomic mass is 79.9. The Morgan fingerprint density at radius 3 is 2.55 bits per heavy atom. The van der Waals surface area contributed by atoms with Gasteiger partial charge in [0.25, 0.3) is 5.91 Å². The zero-order chi connectivity index (χ0) is 15.3. The molecule has 0 saturated carbocycles. The van der Waals surface area contributed by atoms with Gasteiger partial charge in [-0.2, -0.15) is 0 Å². The molecule has 0 saturated heterocycles. The number of nitrogens with one attached hydrogen (secondary N) is 2. The molecule has 6 nitrogen and oxygen atoms in total. The van der Waals surface area contributed by atoms with E-state index in [0.717, 1.165) is 12.1 Å². The third-order valence-corrected chi connectivity index (χ3v) is 2.92. The maximum absolute atomic E-state index is 12.9. The highest BCUT2D eigenvalue weighted by Crippen LogP contribution is 2.19. The number of imide groups is 1. The Kier molecular flexibility index (Phi) is 5.63. The van der Waals surface area contributed by atoms with Crippen LogP contribution in [0, 0.1) is 5.82 Å². The topological polar surface area (TPSA) is 84.5 Å². The van der Waals surface area contributed by atoms with Crippen LogP contribution in [0.2, 0.25) is 0 Å². The zero-order valence-corrected chi connectivity index (χ0v) is 12.3. The summed E-state index contributed by atoms with van der Waals surface area (Å²) in [6.07, 6.45) is -1.17. The minimum absolute atomic E-state index is 0.0750. The van der Waals surface area contributed by atoms with Gasteiger partial charge in [0.2, 0.25) is 0 Å². The second-order valence-corrected chi connectivity index (χ2v) is 4.59. The van der Waals surface area contributed by atoms with Crippen LogP contribution in [-0.2, 0) is 9.53 Å². The lowest BCUT2D eigenvalue weighted by Crippen LogP contribution is -2.43. The van der Waals surface area contributed by atoms with Gasteiger partial charge in [0.1, 0.15) is 5.82 Å². The summed E-state index contributed by atoms with van der Waals surface area (Å²) in [4.78, 5) is 34.2. The molecule has 1 rings (SSSR count). The van der Waals surface area contributed by atoms with E-state index in [1.807, 2.05) is 5.32 Å². The SMILES string of the molecule is CNC(=O)NC(=O)[C@@H](C)OC(=O)c1ccc(F)cc1Br. The van der Waals surface area contributed by atoms with Crippen molar-refractivity contribution < 1.29 is 23.5 Å². The summed E-state index contributed by atoms with van der Waals surface area (Å²) in [7, 11) is 1.34. The molecule has 0 heterocycles. The van der Waals surface area contributed by atoms with Crippen LogP contribution in [0.3, 0.4) is 0 Å². The molecule has 0 aliphatic heterocycles. The van der Waals surface area contributed by atoms with Gasteiger partial charge in [-0.1, -0.05) is 0 Å². The zero-order valence-electron chi connectivity index (χ0n) is 10.7. The first-order chi connectivity index (χ1) is 9.35. The quantitative estimate of drug-likeness (QED) is 0.814. The molecule has 0 fully saturated rings. The number of esters is 1. The minimum atomic E-state index is -1.17. The van der Waals surface area contributed by atoms with Gasteiger partial charge in [-0.05, 0) is 41.1 Å². The van der Waals surface area contributed by atoms with Gasteiger partial charge in [0.05, 0.1) is 5.56 Å². The second kappa shape index (κ2) is 6.99. The smallest absolute Gasteiger partial charge is 0.340 e. The fraction of sp³-hybridized carbons (Fsp3) is 0.250. The van der Waals surface area contributed by atoms with Crippen molar-refractivity contribution in [2.75, 3.05) is 7.05 Å². The number of halogens is 2. The van der Waals surface area contributed by atoms with Gasteiger partial charge in [-0.25, -0.2) is 14.0 Å². The standard InChI is InChI=1S/C12H12BrFN2O4/c1-6(10(17)16-12(19)15-2)20-11(18)8-4-3-7(14)5-9(8)13/h3-6H,1-2H3,(H2,15,16,17,19)/t6-/m1/s1. The summed E-state index contributed by atoms with van der Waals surface area (Å²) >= 11 is 3.02. The Morgan fingerprint density at radius 2 is 2.00 bits per heavy atom. The maximum atomic E-state index is 12.9. The summed E-state index contributed by atoms with van der Waals surface area (Å²) in [5.74, 6) is -2.09. The molecule has 8 heteroatoms. The number of hydrogen-bond acceptors (Lipinski definition) is 4. The average Bonchev–Trinajstić information content (AvgIpc) is 2.37. The average molecular weight is 347 g/mol. The van der Waals surface area contributed by atoms with Gasteiger partial charge in [0, 0.05) is 11.5 Å². The van der Waals surface area contributed by atoms with E-state index in [4.69, 9.17) is 4.74 Å². The Morgan fingerprint density at radius 1 is 1.35 bits per heavy atom. The van der Waals surface area contributed by atoms with Crippen molar-refractivity contribution in [3.05, 3.63) is 34.1 Å². The van der Waals surface area contributed by atoms with Crippen molar-refractivity contribution in [2.24, 2.45) is 0 Å². The van der Waals surface area contributed by atoms with Crippen LogP contribution >= 0.6 is 15.9 Å². The molecule has 2 N–H and O–H groups in total. The summed E-state index contributed by atoms with van der Waals surface area (Å²) < 4.78 is 18.0. The third kappa shape index (κ3) is 4.30. The number of hydrogen-bond donors (Lipinski definition) is 2. The van der Waals surface area contributed by atoms with E-state index in [-0.39, 0.29) is 10.0 Å². The molecule has 0 bridgehead atoms. The molecule has 1 aromatic rings. The fourth-order valence-electron chi connectivity index (χ4n) is 1.21. The largest absolute Gasteiger partial charge is 0.449 e. The molecule has 3 amide bonds. The normalized spacial score (nSPS) is 11.4. The number of benzene rings is 1. The van der Waals surface area contributed by atoms with Gasteiger partial charge in [0.15, 0.2) is 6.10 Å². The van der Waals surface area contributed by atoms with E-state index in [1.165, 1.54) is 20.0 Å². The lowest BCUT2D eigenvalue weighted by Gasteiger charge is -2.13. The third-order valence-electron chi connectivity index (χ3n) is 2.27. The van der Waals surface area contributed by atoms with E-state index in [0.29, 0.717) is 0 Å². The number of rotatable bonds is 3. The van der Waals surface area contributed by atoms with Gasteiger partial charge < -0.3 is 10.1 Å². The highest BCUT2D eigenvalue weighted by molar-refractivity contribution is 9.10. The van der Waals surface area contributed by atoms with Crippen molar-refractivity contribution in [1.82, 2.24) is 10.6 Å². The molecule has 0 radical (unpaired) electrons. The maximum Gasteiger partial charge on any atom is 0.340 e. The summed E-state index contributed by atoms with van der Waals surface area (Å²) in [6, 6.07) is 2.72. The van der Waals surface area contributed by atoms with E-state index in [2.05, 4.69) is 21.2 Å². The summed E-state index contributed by atoms with van der Waals surface area (Å²) in [5.41, 5.74) is 0.0750. The Bertz CT molecular complexity index is 550. The van der Waals surface area contributed by atoms with Gasteiger partial charge >= 0.3 is 12.0 Å². The molecule has 0 aliphatic rings. The number of ether oxygens (including phenoxy) is 1. The number of carbonyl (C=O) groups excluding carboxylic acids is 3.